The molecule has 2 rings (SSSR count). The Morgan fingerprint density at radius 3 is 2.67 bits per heavy atom. The molecule has 0 spiro atoms. The molecule has 0 aliphatic heterocycles. The molecular weight excluding hydrogens is 268 g/mol. The van der Waals surface area contributed by atoms with Crippen LogP contribution in [-0.4, -0.2) is 0 Å². The lowest BCUT2D eigenvalue weighted by Gasteiger charge is -2.11. The van der Waals surface area contributed by atoms with Crippen molar-refractivity contribution < 1.29 is 0 Å². The van der Waals surface area contributed by atoms with E-state index in [1.165, 1.54) is 16.0 Å². The molecule has 1 heterocycles. The van der Waals surface area contributed by atoms with E-state index in [1.54, 1.807) is 0 Å². The Balaban J connectivity index is 2.15. The third-order valence-corrected chi connectivity index (χ3v) is 4.20. The number of alkyl halides is 1. The third kappa shape index (κ3) is 2.70. The zero-order chi connectivity index (χ0) is 10.7. The SMILES string of the molecule is Cc1ccccc1C(Br)Cc1cccs1. The van der Waals surface area contributed by atoms with Gasteiger partial charge in [-0.3, -0.25) is 0 Å². The maximum absolute atomic E-state index is 3.76. The summed E-state index contributed by atoms with van der Waals surface area (Å²) in [4.78, 5) is 1.86. The minimum absolute atomic E-state index is 0.428. The molecule has 0 nitrogen and oxygen atoms in total. The number of rotatable bonds is 3. The zero-order valence-electron chi connectivity index (χ0n) is 8.61. The molecule has 0 amide bonds. The molecule has 1 unspecified atom stereocenters. The summed E-state index contributed by atoms with van der Waals surface area (Å²) in [6.07, 6.45) is 1.07. The average Bonchev–Trinajstić information content (AvgIpc) is 2.71. The number of halogens is 1. The van der Waals surface area contributed by atoms with Gasteiger partial charge in [-0.1, -0.05) is 46.3 Å². The summed E-state index contributed by atoms with van der Waals surface area (Å²) in [6.45, 7) is 2.16. The van der Waals surface area contributed by atoms with Gasteiger partial charge in [0.2, 0.25) is 0 Å². The molecule has 1 aromatic heterocycles. The van der Waals surface area contributed by atoms with Crippen molar-refractivity contribution in [2.24, 2.45) is 0 Å². The lowest BCUT2D eigenvalue weighted by Crippen LogP contribution is -1.95. The summed E-state index contributed by atoms with van der Waals surface area (Å²) in [7, 11) is 0. The Hall–Kier alpha value is -0.600. The van der Waals surface area contributed by atoms with Crippen molar-refractivity contribution >= 4 is 27.3 Å². The smallest absolute Gasteiger partial charge is 0.0446 e. The Morgan fingerprint density at radius 2 is 2.00 bits per heavy atom. The number of hydrogen-bond acceptors (Lipinski definition) is 1. The van der Waals surface area contributed by atoms with Crippen LogP contribution in [0.3, 0.4) is 0 Å². The molecule has 0 fully saturated rings. The van der Waals surface area contributed by atoms with Crippen LogP contribution in [0.5, 0.6) is 0 Å². The van der Waals surface area contributed by atoms with Gasteiger partial charge in [-0.15, -0.1) is 11.3 Å². The quantitative estimate of drug-likeness (QED) is 0.713. The van der Waals surface area contributed by atoms with Crippen LogP contribution >= 0.6 is 27.3 Å². The van der Waals surface area contributed by atoms with E-state index in [2.05, 4.69) is 64.6 Å². The summed E-state index contributed by atoms with van der Waals surface area (Å²) in [5.41, 5.74) is 2.75. The highest BCUT2D eigenvalue weighted by molar-refractivity contribution is 9.09. The molecule has 1 aromatic carbocycles. The van der Waals surface area contributed by atoms with Crippen LogP contribution in [0.4, 0.5) is 0 Å². The van der Waals surface area contributed by atoms with Crippen LogP contribution < -0.4 is 0 Å². The molecule has 0 aliphatic carbocycles. The van der Waals surface area contributed by atoms with E-state index in [0.29, 0.717) is 4.83 Å². The predicted molar refractivity (Wildman–Crippen MR) is 70.9 cm³/mol. The molecule has 78 valence electrons. The molecule has 0 saturated heterocycles. The maximum Gasteiger partial charge on any atom is 0.0446 e. The maximum atomic E-state index is 3.76. The number of hydrogen-bond donors (Lipinski definition) is 0. The van der Waals surface area contributed by atoms with Gasteiger partial charge in [0, 0.05) is 9.70 Å². The van der Waals surface area contributed by atoms with E-state index >= 15 is 0 Å². The first kappa shape index (κ1) is 10.9. The van der Waals surface area contributed by atoms with Gasteiger partial charge in [0.25, 0.3) is 0 Å². The van der Waals surface area contributed by atoms with Crippen LogP contribution in [0.15, 0.2) is 41.8 Å². The molecule has 2 heteroatoms. The third-order valence-electron chi connectivity index (χ3n) is 2.49. The molecule has 15 heavy (non-hydrogen) atoms. The van der Waals surface area contributed by atoms with Crippen molar-refractivity contribution in [3.63, 3.8) is 0 Å². The van der Waals surface area contributed by atoms with E-state index in [4.69, 9.17) is 0 Å². The zero-order valence-corrected chi connectivity index (χ0v) is 11.0. The lowest BCUT2D eigenvalue weighted by atomic mass is 10.0. The van der Waals surface area contributed by atoms with E-state index in [1.807, 2.05) is 11.3 Å². The van der Waals surface area contributed by atoms with Crippen LogP contribution in [-0.2, 0) is 6.42 Å². The van der Waals surface area contributed by atoms with Gasteiger partial charge in [0.05, 0.1) is 0 Å². The number of thiophene rings is 1. The first-order valence-corrected chi connectivity index (χ1v) is 6.79. The van der Waals surface area contributed by atoms with Gasteiger partial charge in [-0.25, -0.2) is 0 Å². The minimum atomic E-state index is 0.428. The fraction of sp³-hybridized carbons (Fsp3) is 0.231. The molecule has 1 atom stereocenters. The minimum Gasteiger partial charge on any atom is -0.149 e. The second-order valence-electron chi connectivity index (χ2n) is 3.61. The first-order valence-electron chi connectivity index (χ1n) is 4.99. The van der Waals surface area contributed by atoms with Gasteiger partial charge >= 0.3 is 0 Å². The highest BCUT2D eigenvalue weighted by atomic mass is 79.9. The van der Waals surface area contributed by atoms with Crippen molar-refractivity contribution in [3.05, 3.63) is 57.8 Å². The monoisotopic (exact) mass is 280 g/mol. The Labute approximate surface area is 103 Å². The van der Waals surface area contributed by atoms with Gasteiger partial charge in [-0.05, 0) is 35.9 Å². The van der Waals surface area contributed by atoms with Gasteiger partial charge in [0.15, 0.2) is 0 Å². The standard InChI is InChI=1S/C13H13BrS/c1-10-5-2-3-7-12(10)13(14)9-11-6-4-8-15-11/h2-8,13H,9H2,1H3. The highest BCUT2D eigenvalue weighted by Crippen LogP contribution is 2.30. The second-order valence-corrected chi connectivity index (χ2v) is 5.75. The normalized spacial score (nSPS) is 12.7. The summed E-state index contributed by atoms with van der Waals surface area (Å²) >= 11 is 5.59. The van der Waals surface area contributed by atoms with Crippen molar-refractivity contribution in [1.29, 1.82) is 0 Å². The van der Waals surface area contributed by atoms with E-state index in [9.17, 15) is 0 Å². The Kier molecular flexibility index (Phi) is 3.60. The first-order chi connectivity index (χ1) is 7.27. The second kappa shape index (κ2) is 4.95. The van der Waals surface area contributed by atoms with Crippen LogP contribution in [0.1, 0.15) is 20.8 Å². The summed E-state index contributed by atoms with van der Waals surface area (Å²) in [5.74, 6) is 0. The fourth-order valence-corrected chi connectivity index (χ4v) is 3.48. The number of aryl methyl sites for hydroxylation is 1. The Bertz CT molecular complexity index is 420. The van der Waals surface area contributed by atoms with Crippen LogP contribution in [0, 0.1) is 6.92 Å². The van der Waals surface area contributed by atoms with E-state index in [0.717, 1.165) is 6.42 Å². The predicted octanol–water partition coefficient (Wildman–Crippen LogP) is 4.74. The lowest BCUT2D eigenvalue weighted by molar-refractivity contribution is 0.956. The Morgan fingerprint density at radius 1 is 1.20 bits per heavy atom. The molecule has 2 aromatic rings. The summed E-state index contributed by atoms with van der Waals surface area (Å²) < 4.78 is 0. The molecule has 0 N–H and O–H groups in total. The molecular formula is C13H13BrS. The number of benzene rings is 1. The van der Waals surface area contributed by atoms with E-state index in [-0.39, 0.29) is 0 Å². The summed E-state index contributed by atoms with van der Waals surface area (Å²) in [6, 6.07) is 12.9. The van der Waals surface area contributed by atoms with Crippen molar-refractivity contribution in [2.45, 2.75) is 18.2 Å². The fourth-order valence-electron chi connectivity index (χ4n) is 1.65. The van der Waals surface area contributed by atoms with Gasteiger partial charge in [0.1, 0.15) is 0 Å². The molecule has 0 radical (unpaired) electrons. The molecule has 0 bridgehead atoms. The van der Waals surface area contributed by atoms with Crippen molar-refractivity contribution in [1.82, 2.24) is 0 Å². The van der Waals surface area contributed by atoms with Crippen molar-refractivity contribution in [3.8, 4) is 0 Å². The van der Waals surface area contributed by atoms with Crippen LogP contribution in [0.25, 0.3) is 0 Å². The highest BCUT2D eigenvalue weighted by Gasteiger charge is 2.10. The van der Waals surface area contributed by atoms with Crippen molar-refractivity contribution in [2.75, 3.05) is 0 Å². The molecule has 0 aliphatic rings. The largest absolute Gasteiger partial charge is 0.149 e. The topological polar surface area (TPSA) is 0 Å². The van der Waals surface area contributed by atoms with E-state index < -0.39 is 0 Å². The molecule has 0 saturated carbocycles. The van der Waals surface area contributed by atoms with Crippen LogP contribution in [0.2, 0.25) is 0 Å². The van der Waals surface area contributed by atoms with Gasteiger partial charge < -0.3 is 0 Å². The van der Waals surface area contributed by atoms with Gasteiger partial charge in [-0.2, -0.15) is 0 Å². The average molecular weight is 281 g/mol. The summed E-state index contributed by atoms with van der Waals surface area (Å²) in [5, 5.41) is 2.13.